The van der Waals surface area contributed by atoms with Gasteiger partial charge in [-0.15, -0.1) is 0 Å². The fraction of sp³-hybridized carbons (Fsp3) is 0.0667. The number of fused-ring (bicyclic) bond motifs is 1. The van der Waals surface area contributed by atoms with Gasteiger partial charge >= 0.3 is 0 Å². The van der Waals surface area contributed by atoms with Crippen molar-refractivity contribution in [3.63, 3.8) is 0 Å². The number of carbonyl (C=O) groups is 1. The van der Waals surface area contributed by atoms with Crippen molar-refractivity contribution in [1.82, 2.24) is 9.38 Å². The van der Waals surface area contributed by atoms with Gasteiger partial charge in [-0.05, 0) is 36.8 Å². The van der Waals surface area contributed by atoms with Crippen molar-refractivity contribution in [2.45, 2.75) is 6.92 Å². The molecule has 0 unspecified atom stereocenters. The Labute approximate surface area is 121 Å². The molecule has 3 aromatic rings. The standard InChI is InChI=1S/C15H12ClN3O/c1-10-11(16)4-2-5-12(10)18-15(20)13-6-3-7-14-17-8-9-19(13)14/h2-9H,1H3,(H,18,20). The van der Waals surface area contributed by atoms with Gasteiger partial charge in [-0.2, -0.15) is 0 Å². The number of hydrogen-bond acceptors (Lipinski definition) is 2. The van der Waals surface area contributed by atoms with Crippen LogP contribution in [0.15, 0.2) is 48.8 Å². The molecule has 2 aromatic heterocycles. The third kappa shape index (κ3) is 2.14. The summed E-state index contributed by atoms with van der Waals surface area (Å²) in [5.74, 6) is -0.195. The number of benzene rings is 1. The van der Waals surface area contributed by atoms with Crippen molar-refractivity contribution >= 4 is 28.8 Å². The van der Waals surface area contributed by atoms with Crippen LogP contribution in [0.3, 0.4) is 0 Å². The number of halogens is 1. The molecule has 4 nitrogen and oxygen atoms in total. The van der Waals surface area contributed by atoms with Crippen LogP contribution < -0.4 is 5.32 Å². The summed E-state index contributed by atoms with van der Waals surface area (Å²) >= 11 is 6.05. The van der Waals surface area contributed by atoms with E-state index in [2.05, 4.69) is 10.3 Å². The third-order valence-corrected chi connectivity index (χ3v) is 3.59. The predicted molar refractivity (Wildman–Crippen MR) is 79.3 cm³/mol. The van der Waals surface area contributed by atoms with E-state index >= 15 is 0 Å². The summed E-state index contributed by atoms with van der Waals surface area (Å²) < 4.78 is 1.75. The second kappa shape index (κ2) is 4.98. The van der Waals surface area contributed by atoms with Crippen LogP contribution in [-0.4, -0.2) is 15.3 Å². The lowest BCUT2D eigenvalue weighted by molar-refractivity contribution is 0.102. The van der Waals surface area contributed by atoms with Crippen molar-refractivity contribution in [3.05, 3.63) is 65.1 Å². The maximum atomic E-state index is 12.4. The molecule has 0 aliphatic carbocycles. The van der Waals surface area contributed by atoms with Crippen LogP contribution in [0, 0.1) is 6.92 Å². The van der Waals surface area contributed by atoms with Gasteiger partial charge < -0.3 is 5.32 Å². The smallest absolute Gasteiger partial charge is 0.272 e. The summed E-state index contributed by atoms with van der Waals surface area (Å²) in [6.45, 7) is 1.87. The van der Waals surface area contributed by atoms with E-state index in [4.69, 9.17) is 11.6 Å². The molecule has 0 saturated carbocycles. The first-order valence-electron chi connectivity index (χ1n) is 6.15. The monoisotopic (exact) mass is 285 g/mol. The Bertz CT molecular complexity index is 795. The van der Waals surface area contributed by atoms with E-state index in [9.17, 15) is 4.79 Å². The van der Waals surface area contributed by atoms with Crippen molar-refractivity contribution in [2.75, 3.05) is 5.32 Å². The van der Waals surface area contributed by atoms with Gasteiger partial charge in [0.25, 0.3) is 5.91 Å². The van der Waals surface area contributed by atoms with E-state index < -0.39 is 0 Å². The van der Waals surface area contributed by atoms with Gasteiger partial charge in [0.2, 0.25) is 0 Å². The second-order valence-corrected chi connectivity index (χ2v) is 4.84. The fourth-order valence-electron chi connectivity index (χ4n) is 2.06. The maximum absolute atomic E-state index is 12.4. The minimum absolute atomic E-state index is 0.195. The maximum Gasteiger partial charge on any atom is 0.272 e. The largest absolute Gasteiger partial charge is 0.320 e. The molecule has 0 fully saturated rings. The van der Waals surface area contributed by atoms with Gasteiger partial charge in [0.05, 0.1) is 0 Å². The Kier molecular flexibility index (Phi) is 3.16. The van der Waals surface area contributed by atoms with Crippen molar-refractivity contribution in [3.8, 4) is 0 Å². The highest BCUT2D eigenvalue weighted by Gasteiger charge is 2.12. The molecule has 0 aliphatic rings. The highest BCUT2D eigenvalue weighted by Crippen LogP contribution is 2.23. The van der Waals surface area contributed by atoms with E-state index in [1.165, 1.54) is 0 Å². The summed E-state index contributed by atoms with van der Waals surface area (Å²) in [4.78, 5) is 16.5. The predicted octanol–water partition coefficient (Wildman–Crippen LogP) is 3.55. The molecular formula is C15H12ClN3O. The zero-order chi connectivity index (χ0) is 14.1. The zero-order valence-corrected chi connectivity index (χ0v) is 11.6. The number of carbonyl (C=O) groups excluding carboxylic acids is 1. The van der Waals surface area contributed by atoms with Gasteiger partial charge in [-0.25, -0.2) is 4.98 Å². The topological polar surface area (TPSA) is 46.4 Å². The summed E-state index contributed by atoms with van der Waals surface area (Å²) in [5.41, 5.74) is 2.82. The summed E-state index contributed by atoms with van der Waals surface area (Å²) in [7, 11) is 0. The molecule has 3 rings (SSSR count). The van der Waals surface area contributed by atoms with E-state index in [-0.39, 0.29) is 5.91 Å². The van der Waals surface area contributed by atoms with Crippen LogP contribution >= 0.6 is 11.6 Å². The van der Waals surface area contributed by atoms with Crippen LogP contribution in [0.1, 0.15) is 16.1 Å². The molecule has 1 N–H and O–H groups in total. The quantitative estimate of drug-likeness (QED) is 0.783. The van der Waals surface area contributed by atoms with Crippen LogP contribution in [0.5, 0.6) is 0 Å². The first-order chi connectivity index (χ1) is 9.66. The number of amides is 1. The van der Waals surface area contributed by atoms with Crippen LogP contribution in [-0.2, 0) is 0 Å². The second-order valence-electron chi connectivity index (χ2n) is 4.43. The molecule has 100 valence electrons. The Hall–Kier alpha value is -2.33. The minimum Gasteiger partial charge on any atom is -0.320 e. The van der Waals surface area contributed by atoms with Crippen LogP contribution in [0.2, 0.25) is 5.02 Å². The normalized spacial score (nSPS) is 10.7. The average molecular weight is 286 g/mol. The van der Waals surface area contributed by atoms with Gasteiger partial charge in [0.1, 0.15) is 11.3 Å². The molecule has 1 amide bonds. The molecule has 1 aromatic carbocycles. The van der Waals surface area contributed by atoms with Crippen molar-refractivity contribution in [2.24, 2.45) is 0 Å². The minimum atomic E-state index is -0.195. The molecule has 0 spiro atoms. The summed E-state index contributed by atoms with van der Waals surface area (Å²) in [5, 5.41) is 3.51. The average Bonchev–Trinajstić information content (AvgIpc) is 2.92. The van der Waals surface area contributed by atoms with E-state index in [0.29, 0.717) is 16.4 Å². The molecule has 0 aliphatic heterocycles. The summed E-state index contributed by atoms with van der Waals surface area (Å²) in [6.07, 6.45) is 3.42. The fourth-order valence-corrected chi connectivity index (χ4v) is 2.24. The number of aromatic nitrogens is 2. The molecule has 5 heteroatoms. The lowest BCUT2D eigenvalue weighted by Crippen LogP contribution is -2.16. The zero-order valence-electron chi connectivity index (χ0n) is 10.8. The SMILES string of the molecule is Cc1c(Cl)cccc1NC(=O)c1cccc2nccn12. The molecule has 0 saturated heterocycles. The number of nitrogens with one attached hydrogen (secondary N) is 1. The molecule has 0 radical (unpaired) electrons. The molecule has 0 atom stereocenters. The highest BCUT2D eigenvalue weighted by molar-refractivity contribution is 6.31. The van der Waals surface area contributed by atoms with E-state index in [1.54, 1.807) is 28.9 Å². The number of anilines is 1. The number of pyridine rings is 1. The van der Waals surface area contributed by atoms with Crippen molar-refractivity contribution in [1.29, 1.82) is 0 Å². The van der Waals surface area contributed by atoms with Gasteiger partial charge in [-0.3, -0.25) is 9.20 Å². The highest BCUT2D eigenvalue weighted by atomic mass is 35.5. The van der Waals surface area contributed by atoms with Crippen LogP contribution in [0.25, 0.3) is 5.65 Å². The summed E-state index contributed by atoms with van der Waals surface area (Å²) in [6, 6.07) is 10.8. The lowest BCUT2D eigenvalue weighted by Gasteiger charge is -2.10. The Morgan fingerprint density at radius 3 is 2.90 bits per heavy atom. The van der Waals surface area contributed by atoms with Gasteiger partial charge in [0, 0.05) is 23.1 Å². The molecule has 2 heterocycles. The Balaban J connectivity index is 1.97. The van der Waals surface area contributed by atoms with Crippen molar-refractivity contribution < 1.29 is 4.79 Å². The van der Waals surface area contributed by atoms with E-state index in [1.807, 2.05) is 31.2 Å². The van der Waals surface area contributed by atoms with Crippen LogP contribution in [0.4, 0.5) is 5.69 Å². The van der Waals surface area contributed by atoms with Gasteiger partial charge in [0.15, 0.2) is 0 Å². The molecule has 0 bridgehead atoms. The molecule has 20 heavy (non-hydrogen) atoms. The first-order valence-corrected chi connectivity index (χ1v) is 6.53. The lowest BCUT2D eigenvalue weighted by atomic mass is 10.2. The van der Waals surface area contributed by atoms with Gasteiger partial charge in [-0.1, -0.05) is 23.7 Å². The first kappa shape index (κ1) is 12.7. The Morgan fingerprint density at radius 2 is 2.05 bits per heavy atom. The Morgan fingerprint density at radius 1 is 1.25 bits per heavy atom. The number of nitrogens with zero attached hydrogens (tertiary/aromatic N) is 2. The molecular weight excluding hydrogens is 274 g/mol. The third-order valence-electron chi connectivity index (χ3n) is 3.18. The number of hydrogen-bond donors (Lipinski definition) is 1. The van der Waals surface area contributed by atoms with E-state index in [0.717, 1.165) is 11.2 Å². The number of rotatable bonds is 2. The number of imidazole rings is 1.